The molecular weight excluding hydrogens is 260 g/mol. The number of imide groups is 1. The average molecular weight is 267 g/mol. The maximum Gasteiger partial charge on any atom is 0.270 e. The van der Waals surface area contributed by atoms with Gasteiger partial charge in [-0.1, -0.05) is 12.1 Å². The minimum absolute atomic E-state index is 0.0528. The van der Waals surface area contributed by atoms with E-state index in [0.29, 0.717) is 5.69 Å². The van der Waals surface area contributed by atoms with Crippen LogP contribution in [-0.4, -0.2) is 16.7 Å². The van der Waals surface area contributed by atoms with E-state index >= 15 is 0 Å². The fraction of sp³-hybridized carbons (Fsp3) is 0. The fourth-order valence-electron chi connectivity index (χ4n) is 2.10. The lowest BCUT2D eigenvalue weighted by Gasteiger charge is -2.12. The van der Waals surface area contributed by atoms with Gasteiger partial charge in [-0.15, -0.1) is 0 Å². The maximum atomic E-state index is 12.3. The Morgan fingerprint density at radius 1 is 1.00 bits per heavy atom. The normalized spacial score (nSPS) is 13.5. The van der Waals surface area contributed by atoms with Gasteiger partial charge in [0.1, 0.15) is 0 Å². The quantitative estimate of drug-likeness (QED) is 0.474. The van der Waals surface area contributed by atoms with E-state index in [1.807, 2.05) is 0 Å². The molecule has 0 bridgehead atoms. The van der Waals surface area contributed by atoms with Crippen LogP contribution in [0.5, 0.6) is 0 Å². The van der Waals surface area contributed by atoms with E-state index in [1.54, 1.807) is 24.3 Å². The molecule has 2 amide bonds. The number of carbonyl (C=O) groups is 2. The molecule has 20 heavy (non-hydrogen) atoms. The Hall–Kier alpha value is -3.02. The van der Waals surface area contributed by atoms with Crippen molar-refractivity contribution in [2.75, 3.05) is 4.90 Å². The lowest BCUT2D eigenvalue weighted by Crippen LogP contribution is -2.29. The van der Waals surface area contributed by atoms with Gasteiger partial charge in [0.05, 0.1) is 21.7 Å². The third kappa shape index (κ3) is 1.66. The van der Waals surface area contributed by atoms with Crippen LogP contribution in [0.15, 0.2) is 42.5 Å². The van der Waals surface area contributed by atoms with Gasteiger partial charge in [0.15, 0.2) is 0 Å². The van der Waals surface area contributed by atoms with Gasteiger partial charge in [0, 0.05) is 12.1 Å². The highest BCUT2D eigenvalue weighted by Crippen LogP contribution is 2.30. The lowest BCUT2D eigenvalue weighted by atomic mass is 10.1. The van der Waals surface area contributed by atoms with E-state index in [4.69, 9.17) is 0 Å². The Kier molecular flexibility index (Phi) is 2.57. The number of fused-ring (bicyclic) bond motifs is 1. The van der Waals surface area contributed by atoms with Crippen LogP contribution in [0.3, 0.4) is 0 Å². The van der Waals surface area contributed by atoms with Crippen molar-refractivity contribution in [2.24, 2.45) is 0 Å². The molecule has 2 aromatic carbocycles. The van der Waals surface area contributed by atoms with Crippen LogP contribution in [0.1, 0.15) is 20.7 Å². The molecule has 0 saturated heterocycles. The zero-order valence-electron chi connectivity index (χ0n) is 10.1. The van der Waals surface area contributed by atoms with Crippen molar-refractivity contribution in [1.29, 1.82) is 0 Å². The molecule has 0 unspecified atom stereocenters. The smallest absolute Gasteiger partial charge is 0.268 e. The molecule has 0 N–H and O–H groups in total. The molecule has 6 heteroatoms. The van der Waals surface area contributed by atoms with Crippen molar-refractivity contribution in [1.82, 2.24) is 0 Å². The molecule has 0 aromatic heterocycles. The van der Waals surface area contributed by atoms with Crippen molar-refractivity contribution < 1.29 is 14.5 Å². The number of nitrogens with zero attached hydrogens (tertiary/aromatic N) is 2. The number of hydrogen-bond acceptors (Lipinski definition) is 4. The predicted octanol–water partition coefficient (Wildman–Crippen LogP) is 2.20. The first-order valence-corrected chi connectivity index (χ1v) is 5.73. The number of non-ortho nitro benzene ring substituents is 1. The Balaban J connectivity index is 2.11. The minimum Gasteiger partial charge on any atom is -0.268 e. The summed E-state index contributed by atoms with van der Waals surface area (Å²) >= 11 is 0. The highest BCUT2D eigenvalue weighted by Gasteiger charge is 2.37. The average Bonchev–Trinajstić information content (AvgIpc) is 2.71. The zero-order valence-corrected chi connectivity index (χ0v) is 10.1. The number of nitro groups is 1. The molecule has 0 atom stereocenters. The molecule has 2 aromatic rings. The van der Waals surface area contributed by atoms with Crippen molar-refractivity contribution in [2.45, 2.75) is 0 Å². The summed E-state index contributed by atoms with van der Waals surface area (Å²) in [5.74, 6) is -1.04. The molecule has 1 aliphatic rings. The SMILES string of the molecule is O=C1c2ccc([N+](=O)[O-])cc2C(=O)N1c1cc[c]cc1. The second-order valence-corrected chi connectivity index (χ2v) is 4.19. The fourth-order valence-corrected chi connectivity index (χ4v) is 2.10. The van der Waals surface area contributed by atoms with Gasteiger partial charge in [-0.25, -0.2) is 4.90 Å². The van der Waals surface area contributed by atoms with E-state index in [9.17, 15) is 19.7 Å². The predicted molar refractivity (Wildman–Crippen MR) is 69.5 cm³/mol. The van der Waals surface area contributed by atoms with Crippen LogP contribution in [0, 0.1) is 16.2 Å². The Bertz CT molecular complexity index is 740. The van der Waals surface area contributed by atoms with E-state index in [2.05, 4.69) is 6.07 Å². The Morgan fingerprint density at radius 3 is 2.30 bits per heavy atom. The lowest BCUT2D eigenvalue weighted by molar-refractivity contribution is -0.384. The van der Waals surface area contributed by atoms with Gasteiger partial charge in [-0.2, -0.15) is 0 Å². The first-order valence-electron chi connectivity index (χ1n) is 5.73. The second kappa shape index (κ2) is 4.27. The molecule has 1 heterocycles. The van der Waals surface area contributed by atoms with Gasteiger partial charge < -0.3 is 0 Å². The second-order valence-electron chi connectivity index (χ2n) is 4.19. The summed E-state index contributed by atoms with van der Waals surface area (Å²) in [5, 5.41) is 10.7. The van der Waals surface area contributed by atoms with E-state index in [1.165, 1.54) is 12.1 Å². The monoisotopic (exact) mass is 267 g/mol. The highest BCUT2D eigenvalue weighted by atomic mass is 16.6. The Labute approximate surface area is 113 Å². The molecule has 0 fully saturated rings. The summed E-state index contributed by atoms with van der Waals surface area (Å²) < 4.78 is 0. The third-order valence-electron chi connectivity index (χ3n) is 3.04. The summed E-state index contributed by atoms with van der Waals surface area (Å²) in [6.07, 6.45) is 0. The zero-order chi connectivity index (χ0) is 14.3. The molecule has 0 aliphatic carbocycles. The molecular formula is C14H7N2O4. The molecule has 97 valence electrons. The maximum absolute atomic E-state index is 12.3. The van der Waals surface area contributed by atoms with Crippen LogP contribution in [0.4, 0.5) is 11.4 Å². The molecule has 0 saturated carbocycles. The molecule has 3 rings (SSSR count). The number of nitro benzene ring substituents is 1. The number of rotatable bonds is 2. The van der Waals surface area contributed by atoms with Gasteiger partial charge >= 0.3 is 0 Å². The topological polar surface area (TPSA) is 80.5 Å². The summed E-state index contributed by atoms with van der Waals surface area (Å²) in [4.78, 5) is 35.6. The Morgan fingerprint density at radius 2 is 1.65 bits per heavy atom. The summed E-state index contributed by atoms with van der Waals surface area (Å²) in [7, 11) is 0. The van der Waals surface area contributed by atoms with Gasteiger partial charge in [-0.3, -0.25) is 19.7 Å². The van der Waals surface area contributed by atoms with Crippen molar-refractivity contribution >= 4 is 23.2 Å². The highest BCUT2D eigenvalue weighted by molar-refractivity contribution is 6.34. The summed E-state index contributed by atoms with van der Waals surface area (Å²) in [5.41, 5.74) is 0.427. The molecule has 0 spiro atoms. The largest absolute Gasteiger partial charge is 0.270 e. The molecule has 1 aliphatic heterocycles. The first kappa shape index (κ1) is 12.0. The number of carbonyl (C=O) groups excluding carboxylic acids is 2. The summed E-state index contributed by atoms with van der Waals surface area (Å²) in [6.45, 7) is 0. The molecule has 6 nitrogen and oxygen atoms in total. The van der Waals surface area contributed by atoms with Crippen molar-refractivity contribution in [3.05, 3.63) is 69.8 Å². The van der Waals surface area contributed by atoms with Crippen LogP contribution in [0.2, 0.25) is 0 Å². The van der Waals surface area contributed by atoms with Gasteiger partial charge in [0.25, 0.3) is 17.5 Å². The number of benzene rings is 2. The van der Waals surface area contributed by atoms with E-state index < -0.39 is 16.7 Å². The third-order valence-corrected chi connectivity index (χ3v) is 3.04. The van der Waals surface area contributed by atoms with Gasteiger partial charge in [-0.05, 0) is 24.3 Å². The number of amides is 2. The minimum atomic E-state index is -0.599. The van der Waals surface area contributed by atoms with Crippen LogP contribution in [-0.2, 0) is 0 Å². The van der Waals surface area contributed by atoms with Crippen LogP contribution in [0.25, 0.3) is 0 Å². The standard InChI is InChI=1S/C14H7N2O4/c17-13-11-7-6-10(16(19)20)8-12(11)14(18)15(13)9-4-2-1-3-5-9/h2-8H. The van der Waals surface area contributed by atoms with Gasteiger partial charge in [0.2, 0.25) is 0 Å². The summed E-state index contributed by atoms with van der Waals surface area (Å²) in [6, 6.07) is 12.8. The van der Waals surface area contributed by atoms with Crippen molar-refractivity contribution in [3.63, 3.8) is 0 Å². The van der Waals surface area contributed by atoms with Crippen LogP contribution >= 0.6 is 0 Å². The number of hydrogen-bond donors (Lipinski definition) is 0. The van der Waals surface area contributed by atoms with E-state index in [-0.39, 0.29) is 16.8 Å². The number of anilines is 1. The van der Waals surface area contributed by atoms with E-state index in [0.717, 1.165) is 11.0 Å². The van der Waals surface area contributed by atoms with Crippen molar-refractivity contribution in [3.8, 4) is 0 Å². The first-order chi connectivity index (χ1) is 9.59. The molecule has 1 radical (unpaired) electrons. The van der Waals surface area contributed by atoms with Crippen LogP contribution < -0.4 is 4.90 Å².